The van der Waals surface area contributed by atoms with Gasteiger partial charge in [-0.25, -0.2) is 0 Å². The molecular weight excluding hydrogens is 655 g/mol. The zero-order chi connectivity index (χ0) is 35.8. The van der Waals surface area contributed by atoms with Crippen molar-refractivity contribution in [3.05, 3.63) is 228 Å². The Hall–Kier alpha value is -6.84. The number of hydrogen-bond acceptors (Lipinski definition) is 3. The van der Waals surface area contributed by atoms with Crippen molar-refractivity contribution >= 4 is 34.1 Å². The molecule has 0 N–H and O–H groups in total. The zero-order valence-electron chi connectivity index (χ0n) is 30.0. The van der Waals surface area contributed by atoms with Crippen molar-refractivity contribution < 1.29 is 0 Å². The highest BCUT2D eigenvalue weighted by molar-refractivity contribution is 5.98. The van der Waals surface area contributed by atoms with Gasteiger partial charge in [-0.15, -0.1) is 0 Å². The van der Waals surface area contributed by atoms with Gasteiger partial charge in [-0.1, -0.05) is 152 Å². The molecule has 0 saturated carbocycles. The van der Waals surface area contributed by atoms with Crippen LogP contribution >= 0.6 is 0 Å². The minimum atomic E-state index is -0.405. The Morgan fingerprint density at radius 1 is 0.407 bits per heavy atom. The van der Waals surface area contributed by atoms with Crippen LogP contribution in [-0.2, 0) is 5.41 Å². The van der Waals surface area contributed by atoms with E-state index in [1.54, 1.807) is 0 Å². The van der Waals surface area contributed by atoms with Crippen LogP contribution < -0.4 is 14.7 Å². The maximum absolute atomic E-state index is 2.60. The number of hydrogen-bond donors (Lipinski definition) is 0. The molecule has 3 nitrogen and oxygen atoms in total. The van der Waals surface area contributed by atoms with Gasteiger partial charge in [0.15, 0.2) is 0 Å². The third-order valence-electron chi connectivity index (χ3n) is 11.9. The van der Waals surface area contributed by atoms with E-state index in [-0.39, 0.29) is 6.17 Å². The zero-order valence-corrected chi connectivity index (χ0v) is 30.0. The Morgan fingerprint density at radius 2 is 0.889 bits per heavy atom. The highest BCUT2D eigenvalue weighted by atomic mass is 15.4. The van der Waals surface area contributed by atoms with Gasteiger partial charge in [0.1, 0.15) is 6.17 Å². The number of anilines is 6. The van der Waals surface area contributed by atoms with Crippen molar-refractivity contribution in [3.63, 3.8) is 0 Å². The molecule has 3 aliphatic rings. The lowest BCUT2D eigenvalue weighted by atomic mass is 9.64. The molecule has 1 spiro atoms. The third kappa shape index (κ3) is 4.24. The van der Waals surface area contributed by atoms with Gasteiger partial charge in [0.25, 0.3) is 0 Å². The van der Waals surface area contributed by atoms with E-state index >= 15 is 0 Å². The highest BCUT2D eigenvalue weighted by Crippen LogP contribution is 2.66. The van der Waals surface area contributed by atoms with Gasteiger partial charge in [0, 0.05) is 29.8 Å². The van der Waals surface area contributed by atoms with Gasteiger partial charge in [-0.2, -0.15) is 0 Å². The summed E-state index contributed by atoms with van der Waals surface area (Å²) in [6.07, 6.45) is -0.0177. The minimum Gasteiger partial charge on any atom is -0.348 e. The summed E-state index contributed by atoms with van der Waals surface area (Å²) in [7, 11) is 2.25. The third-order valence-corrected chi connectivity index (χ3v) is 11.9. The predicted octanol–water partition coefficient (Wildman–Crippen LogP) is 12.8. The lowest BCUT2D eigenvalue weighted by Gasteiger charge is -2.44. The highest BCUT2D eigenvalue weighted by Gasteiger charge is 2.54. The van der Waals surface area contributed by atoms with E-state index in [0.717, 1.165) is 17.1 Å². The van der Waals surface area contributed by atoms with Crippen LogP contribution in [0.3, 0.4) is 0 Å². The smallest absolute Gasteiger partial charge is 0.132 e. The first-order valence-corrected chi connectivity index (χ1v) is 18.8. The van der Waals surface area contributed by atoms with E-state index in [0.29, 0.717) is 0 Å². The van der Waals surface area contributed by atoms with E-state index in [1.807, 2.05) is 0 Å². The van der Waals surface area contributed by atoms with Crippen LogP contribution in [0.4, 0.5) is 34.1 Å². The second-order valence-corrected chi connectivity index (χ2v) is 14.6. The summed E-state index contributed by atoms with van der Waals surface area (Å²) < 4.78 is 0. The molecule has 11 rings (SSSR count). The summed E-state index contributed by atoms with van der Waals surface area (Å²) in [5.41, 5.74) is 18.5. The average Bonchev–Trinajstić information content (AvgIpc) is 3.71. The largest absolute Gasteiger partial charge is 0.348 e. The van der Waals surface area contributed by atoms with Crippen molar-refractivity contribution in [2.75, 3.05) is 21.7 Å². The summed E-state index contributed by atoms with van der Waals surface area (Å²) >= 11 is 0. The molecule has 1 atom stereocenters. The van der Waals surface area contributed by atoms with Crippen molar-refractivity contribution in [3.8, 4) is 22.3 Å². The fourth-order valence-electron chi connectivity index (χ4n) is 9.64. The quantitative estimate of drug-likeness (QED) is 0.178. The Balaban J connectivity index is 1.04. The Morgan fingerprint density at radius 3 is 1.56 bits per heavy atom. The number of para-hydroxylation sites is 3. The molecule has 1 aliphatic carbocycles. The van der Waals surface area contributed by atoms with E-state index < -0.39 is 5.41 Å². The van der Waals surface area contributed by atoms with Crippen molar-refractivity contribution in [2.24, 2.45) is 0 Å². The molecule has 0 bridgehead atoms. The fourth-order valence-corrected chi connectivity index (χ4v) is 9.64. The molecule has 0 radical (unpaired) electrons. The fraction of sp³-hybridized carbons (Fsp3) is 0.0588. The number of benzene rings is 8. The Kier molecular flexibility index (Phi) is 6.74. The first-order chi connectivity index (χ1) is 26.7. The van der Waals surface area contributed by atoms with Gasteiger partial charge in [0.2, 0.25) is 0 Å². The van der Waals surface area contributed by atoms with Gasteiger partial charge in [-0.05, 0) is 98.6 Å². The Labute approximate surface area is 316 Å². The Bertz CT molecular complexity index is 2640. The molecule has 8 aromatic carbocycles. The lowest BCUT2D eigenvalue weighted by molar-refractivity contribution is 0.682. The molecular formula is C51H37N3. The van der Waals surface area contributed by atoms with Crippen LogP contribution in [-0.4, -0.2) is 7.05 Å². The summed E-state index contributed by atoms with van der Waals surface area (Å²) in [4.78, 5) is 7.41. The van der Waals surface area contributed by atoms with Crippen LogP contribution in [0.25, 0.3) is 22.3 Å². The molecule has 8 aromatic rings. The number of nitrogens with zero attached hydrogens (tertiary/aromatic N) is 3. The summed E-state index contributed by atoms with van der Waals surface area (Å²) in [5.74, 6) is 0. The molecule has 54 heavy (non-hydrogen) atoms. The van der Waals surface area contributed by atoms with Crippen LogP contribution in [0.2, 0.25) is 0 Å². The molecule has 256 valence electrons. The molecule has 2 aliphatic heterocycles. The molecule has 3 heteroatoms. The molecule has 0 fully saturated rings. The predicted molar refractivity (Wildman–Crippen MR) is 224 cm³/mol. The van der Waals surface area contributed by atoms with Gasteiger partial charge >= 0.3 is 0 Å². The van der Waals surface area contributed by atoms with E-state index in [1.165, 1.54) is 67.1 Å². The normalized spacial score (nSPS) is 15.4. The minimum absolute atomic E-state index is 0.0177. The summed E-state index contributed by atoms with van der Waals surface area (Å²) in [5, 5.41) is 0. The first-order valence-electron chi connectivity index (χ1n) is 18.8. The second-order valence-electron chi connectivity index (χ2n) is 14.6. The van der Waals surface area contributed by atoms with E-state index in [2.05, 4.69) is 222 Å². The van der Waals surface area contributed by atoms with Crippen molar-refractivity contribution in [1.29, 1.82) is 0 Å². The topological polar surface area (TPSA) is 9.72 Å². The second kappa shape index (κ2) is 11.8. The van der Waals surface area contributed by atoms with E-state index in [9.17, 15) is 0 Å². The average molecular weight is 692 g/mol. The maximum Gasteiger partial charge on any atom is 0.132 e. The summed E-state index contributed by atoms with van der Waals surface area (Å²) in [6, 6.07) is 73.5. The van der Waals surface area contributed by atoms with Crippen LogP contribution in [0, 0.1) is 0 Å². The molecule has 0 saturated heterocycles. The van der Waals surface area contributed by atoms with Crippen molar-refractivity contribution in [2.45, 2.75) is 11.6 Å². The van der Waals surface area contributed by atoms with Gasteiger partial charge in [-0.3, -0.25) is 0 Å². The van der Waals surface area contributed by atoms with Crippen LogP contribution in [0.1, 0.15) is 34.0 Å². The van der Waals surface area contributed by atoms with Gasteiger partial charge in [0.05, 0.1) is 16.8 Å². The molecule has 0 amide bonds. The maximum atomic E-state index is 2.60. The van der Waals surface area contributed by atoms with Crippen molar-refractivity contribution in [1.82, 2.24) is 0 Å². The number of rotatable bonds is 5. The monoisotopic (exact) mass is 691 g/mol. The molecule has 0 aromatic heterocycles. The number of fused-ring (bicyclic) bond motifs is 9. The molecule has 1 unspecified atom stereocenters. The van der Waals surface area contributed by atoms with E-state index in [4.69, 9.17) is 0 Å². The SMILES string of the molecule is CN1c2cccc3c2N(c2ccccc2C32c3ccccc3-c3ccccc32)C1c1ccc(N(c2ccccc2)c2ccc(-c3ccccc3)cc2)cc1. The standard InChI is InChI=1S/C51H37N3/c1-52-48-26-14-24-46-49(48)54(47-25-13-12-23-45(47)51(46)43-21-10-8-19-41(43)42-20-9-11-22-44(42)51)50(52)37-29-33-40(34-30-37)53(38-17-6-3-7-18-38)39-31-27-36(28-32-39)35-15-4-2-5-16-35/h2-34,50H,1H3. The van der Waals surface area contributed by atoms with Crippen LogP contribution in [0.15, 0.2) is 200 Å². The summed E-state index contributed by atoms with van der Waals surface area (Å²) in [6.45, 7) is 0. The lowest BCUT2D eigenvalue weighted by Crippen LogP contribution is -2.38. The van der Waals surface area contributed by atoms with Crippen LogP contribution in [0.5, 0.6) is 0 Å². The van der Waals surface area contributed by atoms with Gasteiger partial charge < -0.3 is 14.7 Å². The first kappa shape index (κ1) is 30.8. The molecule has 2 heterocycles.